The predicted molar refractivity (Wildman–Crippen MR) is 49.3 cm³/mol. The third kappa shape index (κ3) is 2.79. The zero-order valence-electron chi connectivity index (χ0n) is 7.10. The molecule has 1 heteroatoms. The summed E-state index contributed by atoms with van der Waals surface area (Å²) in [6.07, 6.45) is 8.51. The average Bonchev–Trinajstić information content (AvgIpc) is 2.06. The molecule has 0 heterocycles. The van der Waals surface area contributed by atoms with Gasteiger partial charge in [-0.1, -0.05) is 32.4 Å². The van der Waals surface area contributed by atoms with E-state index >= 15 is 0 Å². The van der Waals surface area contributed by atoms with Crippen LogP contribution in [0.4, 0.5) is 0 Å². The Morgan fingerprint density at radius 3 is 2.45 bits per heavy atom. The lowest BCUT2D eigenvalue weighted by Crippen LogP contribution is -2.29. The number of allylic oxidation sites excluding steroid dienone is 1. The van der Waals surface area contributed by atoms with Crippen molar-refractivity contribution in [2.24, 2.45) is 0 Å². The van der Waals surface area contributed by atoms with Gasteiger partial charge in [0.1, 0.15) is 0 Å². The van der Waals surface area contributed by atoms with Crippen molar-refractivity contribution in [2.75, 3.05) is 0 Å². The predicted octanol–water partition coefficient (Wildman–Crippen LogP) is 2.61. The highest BCUT2D eigenvalue weighted by Gasteiger charge is 2.11. The van der Waals surface area contributed by atoms with E-state index < -0.39 is 0 Å². The third-order valence-corrected chi connectivity index (χ3v) is 2.24. The first-order chi connectivity index (χ1) is 5.33. The summed E-state index contributed by atoms with van der Waals surface area (Å²) in [5.74, 6) is 0. The van der Waals surface area contributed by atoms with Crippen LogP contribution in [0.15, 0.2) is 24.9 Å². The minimum atomic E-state index is 0.661. The van der Waals surface area contributed by atoms with Gasteiger partial charge >= 0.3 is 0 Å². The lowest BCUT2D eigenvalue weighted by molar-refractivity contribution is 0.399. The second-order valence-corrected chi connectivity index (χ2v) is 3.21. The van der Waals surface area contributed by atoms with Crippen LogP contribution in [-0.4, -0.2) is 6.04 Å². The quantitative estimate of drug-likeness (QED) is 0.611. The van der Waals surface area contributed by atoms with Crippen LogP contribution in [0.2, 0.25) is 0 Å². The van der Waals surface area contributed by atoms with Crippen LogP contribution in [0.25, 0.3) is 0 Å². The summed E-state index contributed by atoms with van der Waals surface area (Å²) < 4.78 is 0. The van der Waals surface area contributed by atoms with Crippen LogP contribution in [0.5, 0.6) is 0 Å². The van der Waals surface area contributed by atoms with Gasteiger partial charge in [-0.3, -0.25) is 0 Å². The summed E-state index contributed by atoms with van der Waals surface area (Å²) >= 11 is 0. The summed E-state index contributed by atoms with van der Waals surface area (Å²) in [6, 6.07) is 0.661. The van der Waals surface area contributed by atoms with E-state index in [9.17, 15) is 0 Å². The van der Waals surface area contributed by atoms with Crippen LogP contribution in [-0.2, 0) is 0 Å². The Labute approximate surface area is 69.2 Å². The van der Waals surface area contributed by atoms with Crippen molar-refractivity contribution in [3.8, 4) is 0 Å². The van der Waals surface area contributed by atoms with Gasteiger partial charge in [-0.05, 0) is 18.9 Å². The van der Waals surface area contributed by atoms with Gasteiger partial charge in [0.05, 0.1) is 0 Å². The zero-order chi connectivity index (χ0) is 8.10. The summed E-state index contributed by atoms with van der Waals surface area (Å²) in [6.45, 7) is 7.50. The number of hydrogen-bond donors (Lipinski definition) is 1. The van der Waals surface area contributed by atoms with Gasteiger partial charge in [0, 0.05) is 11.7 Å². The van der Waals surface area contributed by atoms with Crippen molar-refractivity contribution >= 4 is 0 Å². The Bertz CT molecular complexity index is 143. The fourth-order valence-corrected chi connectivity index (χ4v) is 1.57. The first-order valence-corrected chi connectivity index (χ1v) is 4.41. The van der Waals surface area contributed by atoms with E-state index in [4.69, 9.17) is 0 Å². The van der Waals surface area contributed by atoms with Crippen LogP contribution in [0.1, 0.15) is 32.1 Å². The molecule has 0 bridgehead atoms. The summed E-state index contributed by atoms with van der Waals surface area (Å²) in [7, 11) is 0. The zero-order valence-corrected chi connectivity index (χ0v) is 7.10. The van der Waals surface area contributed by atoms with Crippen LogP contribution in [0, 0.1) is 0 Å². The molecule has 0 unspecified atom stereocenters. The van der Waals surface area contributed by atoms with Crippen LogP contribution < -0.4 is 5.32 Å². The van der Waals surface area contributed by atoms with Gasteiger partial charge in [-0.25, -0.2) is 0 Å². The van der Waals surface area contributed by atoms with Crippen molar-refractivity contribution in [3.63, 3.8) is 0 Å². The van der Waals surface area contributed by atoms with Gasteiger partial charge in [0.25, 0.3) is 0 Å². The number of rotatable bonds is 3. The van der Waals surface area contributed by atoms with Crippen molar-refractivity contribution in [1.29, 1.82) is 0 Å². The topological polar surface area (TPSA) is 12.0 Å². The minimum Gasteiger partial charge on any atom is -0.383 e. The Kier molecular flexibility index (Phi) is 3.21. The Morgan fingerprint density at radius 1 is 1.27 bits per heavy atom. The molecule has 0 aromatic rings. The SMILES string of the molecule is C=CC(=C)NC1CCCCC1. The van der Waals surface area contributed by atoms with Gasteiger partial charge in [-0.15, -0.1) is 0 Å². The van der Waals surface area contributed by atoms with Gasteiger partial charge < -0.3 is 5.32 Å². The molecule has 0 radical (unpaired) electrons. The highest BCUT2D eigenvalue weighted by Crippen LogP contribution is 2.17. The molecule has 0 aromatic heterocycles. The van der Waals surface area contributed by atoms with E-state index in [-0.39, 0.29) is 0 Å². The Hall–Kier alpha value is -0.720. The molecule has 1 aliphatic carbocycles. The normalized spacial score (nSPS) is 19.3. The Balaban J connectivity index is 2.24. The maximum atomic E-state index is 3.84. The molecule has 11 heavy (non-hydrogen) atoms. The molecule has 0 amide bonds. The number of nitrogens with one attached hydrogen (secondary N) is 1. The molecule has 0 spiro atoms. The second-order valence-electron chi connectivity index (χ2n) is 3.21. The summed E-state index contributed by atoms with van der Waals surface area (Å²) in [5, 5.41) is 3.36. The van der Waals surface area contributed by atoms with Gasteiger partial charge in [0.2, 0.25) is 0 Å². The maximum Gasteiger partial charge on any atom is 0.0263 e. The molecule has 1 rings (SSSR count). The first-order valence-electron chi connectivity index (χ1n) is 4.41. The second kappa shape index (κ2) is 4.22. The highest BCUT2D eigenvalue weighted by atomic mass is 14.9. The largest absolute Gasteiger partial charge is 0.383 e. The molecule has 62 valence electrons. The standard InChI is InChI=1S/C10H17N/c1-3-9(2)11-10-7-5-4-6-8-10/h3,10-11H,1-2,4-8H2. The first kappa shape index (κ1) is 8.38. The van der Waals surface area contributed by atoms with E-state index in [1.165, 1.54) is 32.1 Å². The van der Waals surface area contributed by atoms with Gasteiger partial charge in [0.15, 0.2) is 0 Å². The van der Waals surface area contributed by atoms with Crippen molar-refractivity contribution in [2.45, 2.75) is 38.1 Å². The third-order valence-electron chi connectivity index (χ3n) is 2.24. The van der Waals surface area contributed by atoms with Gasteiger partial charge in [-0.2, -0.15) is 0 Å². The van der Waals surface area contributed by atoms with E-state index in [1.54, 1.807) is 6.08 Å². The van der Waals surface area contributed by atoms with E-state index in [1.807, 2.05) is 0 Å². The molecule has 1 fully saturated rings. The average molecular weight is 151 g/mol. The highest BCUT2D eigenvalue weighted by molar-refractivity contribution is 5.09. The molecular weight excluding hydrogens is 134 g/mol. The van der Waals surface area contributed by atoms with E-state index in [0.29, 0.717) is 6.04 Å². The smallest absolute Gasteiger partial charge is 0.0263 e. The molecule has 0 atom stereocenters. The fraction of sp³-hybridized carbons (Fsp3) is 0.600. The van der Waals surface area contributed by atoms with E-state index in [2.05, 4.69) is 18.5 Å². The van der Waals surface area contributed by atoms with Crippen molar-refractivity contribution < 1.29 is 0 Å². The lowest BCUT2D eigenvalue weighted by atomic mass is 9.95. The molecule has 1 saturated carbocycles. The minimum absolute atomic E-state index is 0.661. The van der Waals surface area contributed by atoms with E-state index in [0.717, 1.165) is 5.70 Å². The summed E-state index contributed by atoms with van der Waals surface area (Å²) in [5.41, 5.74) is 0.969. The Morgan fingerprint density at radius 2 is 1.91 bits per heavy atom. The molecule has 1 aliphatic rings. The van der Waals surface area contributed by atoms with Crippen LogP contribution >= 0.6 is 0 Å². The fourth-order valence-electron chi connectivity index (χ4n) is 1.57. The monoisotopic (exact) mass is 151 g/mol. The lowest BCUT2D eigenvalue weighted by Gasteiger charge is -2.23. The van der Waals surface area contributed by atoms with Crippen molar-refractivity contribution in [1.82, 2.24) is 5.32 Å². The summed E-state index contributed by atoms with van der Waals surface area (Å²) in [4.78, 5) is 0. The maximum absolute atomic E-state index is 3.84. The van der Waals surface area contributed by atoms with Crippen molar-refractivity contribution in [3.05, 3.63) is 24.9 Å². The molecule has 0 aliphatic heterocycles. The molecule has 0 saturated heterocycles. The molecule has 0 aromatic carbocycles. The van der Waals surface area contributed by atoms with Crippen LogP contribution in [0.3, 0.4) is 0 Å². The number of hydrogen-bond acceptors (Lipinski definition) is 1. The molecular formula is C10H17N. The molecule has 1 N–H and O–H groups in total. The molecule has 1 nitrogen and oxygen atoms in total.